The van der Waals surface area contributed by atoms with Crippen LogP contribution in [0.2, 0.25) is 0 Å². The first-order valence-electron chi connectivity index (χ1n) is 7.35. The van der Waals surface area contributed by atoms with Crippen LogP contribution < -0.4 is 15.4 Å². The predicted octanol–water partition coefficient (Wildman–Crippen LogP) is 2.07. The summed E-state index contributed by atoms with van der Waals surface area (Å²) in [5.74, 6) is -0.281. The highest BCUT2D eigenvalue weighted by Crippen LogP contribution is 2.23. The second kappa shape index (κ2) is 7.80. The van der Waals surface area contributed by atoms with Gasteiger partial charge < -0.3 is 15.4 Å². The Kier molecular flexibility index (Phi) is 5.76. The van der Waals surface area contributed by atoms with E-state index in [-0.39, 0.29) is 17.4 Å². The highest BCUT2D eigenvalue weighted by Gasteiger charge is 2.10. The molecule has 2 N–H and O–H groups in total. The molecule has 0 radical (unpaired) electrons. The predicted molar refractivity (Wildman–Crippen MR) is 94.4 cm³/mol. The van der Waals surface area contributed by atoms with E-state index in [0.717, 1.165) is 6.26 Å². The van der Waals surface area contributed by atoms with Crippen molar-refractivity contribution in [2.24, 2.45) is 0 Å². The summed E-state index contributed by atoms with van der Waals surface area (Å²) in [5.41, 5.74) is 0.927. The lowest BCUT2D eigenvalue weighted by atomic mass is 10.3. The average Bonchev–Trinajstić information content (AvgIpc) is 2.53. The number of sulfone groups is 1. The lowest BCUT2D eigenvalue weighted by molar-refractivity contribution is -0.118. The van der Waals surface area contributed by atoms with Gasteiger partial charge in [-0.3, -0.25) is 9.59 Å². The summed E-state index contributed by atoms with van der Waals surface area (Å²) in [6.07, 6.45) is 1.11. The Labute approximate surface area is 145 Å². The molecule has 0 aliphatic rings. The minimum atomic E-state index is -3.28. The molecular formula is C17H18N2O5S. The first-order valence-corrected chi connectivity index (χ1v) is 9.24. The topological polar surface area (TPSA) is 102 Å². The number of hydrogen-bond acceptors (Lipinski definition) is 5. The fourth-order valence-electron chi connectivity index (χ4n) is 2.01. The zero-order chi connectivity index (χ0) is 18.4. The largest absolute Gasteiger partial charge is 0.482 e. The molecule has 8 heteroatoms. The van der Waals surface area contributed by atoms with Crippen LogP contribution in [0.15, 0.2) is 53.4 Å². The summed E-state index contributed by atoms with van der Waals surface area (Å²) in [6.45, 7) is 1.12. The highest BCUT2D eigenvalue weighted by molar-refractivity contribution is 7.90. The second-order valence-electron chi connectivity index (χ2n) is 5.31. The van der Waals surface area contributed by atoms with E-state index in [0.29, 0.717) is 17.1 Å². The molecule has 0 spiro atoms. The number of rotatable bonds is 6. The summed E-state index contributed by atoms with van der Waals surface area (Å²) < 4.78 is 28.2. The third-order valence-electron chi connectivity index (χ3n) is 3.12. The molecule has 0 aliphatic heterocycles. The van der Waals surface area contributed by atoms with Crippen molar-refractivity contribution in [1.29, 1.82) is 0 Å². The summed E-state index contributed by atoms with van der Waals surface area (Å²) in [4.78, 5) is 23.3. The molecular weight excluding hydrogens is 344 g/mol. The molecule has 132 valence electrons. The van der Waals surface area contributed by atoms with Gasteiger partial charge in [-0.2, -0.15) is 0 Å². The Morgan fingerprint density at radius 3 is 2.24 bits per heavy atom. The Morgan fingerprint density at radius 1 is 1.00 bits per heavy atom. The third-order valence-corrected chi connectivity index (χ3v) is 4.25. The van der Waals surface area contributed by atoms with Crippen molar-refractivity contribution < 1.29 is 22.7 Å². The van der Waals surface area contributed by atoms with E-state index in [2.05, 4.69) is 10.6 Å². The van der Waals surface area contributed by atoms with Crippen LogP contribution in [0.3, 0.4) is 0 Å². The number of carbonyl (C=O) groups excluding carboxylic acids is 2. The Morgan fingerprint density at radius 2 is 1.64 bits per heavy atom. The molecule has 0 saturated heterocycles. The SMILES string of the molecule is CC(=O)Nc1ccccc1OCC(=O)Nc1ccc(S(C)(=O)=O)cc1. The number of anilines is 2. The van der Waals surface area contributed by atoms with Crippen molar-refractivity contribution in [1.82, 2.24) is 0 Å². The summed E-state index contributed by atoms with van der Waals surface area (Å²) >= 11 is 0. The van der Waals surface area contributed by atoms with Gasteiger partial charge >= 0.3 is 0 Å². The molecule has 2 aromatic carbocycles. The Bertz CT molecular complexity index is 876. The van der Waals surface area contributed by atoms with Crippen LogP contribution in [0, 0.1) is 0 Å². The van der Waals surface area contributed by atoms with Crippen LogP contribution >= 0.6 is 0 Å². The van der Waals surface area contributed by atoms with E-state index in [9.17, 15) is 18.0 Å². The van der Waals surface area contributed by atoms with Crippen LogP contribution in [0.4, 0.5) is 11.4 Å². The quantitative estimate of drug-likeness (QED) is 0.819. The van der Waals surface area contributed by atoms with Crippen molar-refractivity contribution in [3.63, 3.8) is 0 Å². The van der Waals surface area contributed by atoms with Gasteiger partial charge in [0.1, 0.15) is 5.75 Å². The summed E-state index contributed by atoms with van der Waals surface area (Å²) in [6, 6.07) is 12.6. The second-order valence-corrected chi connectivity index (χ2v) is 7.33. The van der Waals surface area contributed by atoms with E-state index in [1.807, 2.05) is 0 Å². The van der Waals surface area contributed by atoms with E-state index in [1.54, 1.807) is 24.3 Å². The molecule has 0 aliphatic carbocycles. The number of amides is 2. The van der Waals surface area contributed by atoms with Gasteiger partial charge in [-0.15, -0.1) is 0 Å². The molecule has 0 atom stereocenters. The van der Waals surface area contributed by atoms with E-state index < -0.39 is 15.7 Å². The van der Waals surface area contributed by atoms with Crippen molar-refractivity contribution in [3.05, 3.63) is 48.5 Å². The standard InChI is InChI=1S/C17H18N2O5S/c1-12(20)18-15-5-3-4-6-16(15)24-11-17(21)19-13-7-9-14(10-8-13)25(2,22)23/h3-10H,11H2,1-2H3,(H,18,20)(H,19,21). The van der Waals surface area contributed by atoms with E-state index in [1.165, 1.54) is 31.2 Å². The molecule has 0 bridgehead atoms. The lowest BCUT2D eigenvalue weighted by Gasteiger charge is -2.11. The molecule has 25 heavy (non-hydrogen) atoms. The number of benzene rings is 2. The molecule has 0 saturated carbocycles. The Hall–Kier alpha value is -2.87. The van der Waals surface area contributed by atoms with Gasteiger partial charge in [0, 0.05) is 18.9 Å². The number of carbonyl (C=O) groups is 2. The highest BCUT2D eigenvalue weighted by atomic mass is 32.2. The molecule has 0 fully saturated rings. The molecule has 7 nitrogen and oxygen atoms in total. The van der Waals surface area contributed by atoms with Gasteiger partial charge in [0.25, 0.3) is 5.91 Å². The maximum absolute atomic E-state index is 12.0. The molecule has 0 unspecified atom stereocenters. The first kappa shape index (κ1) is 18.5. The maximum atomic E-state index is 12.0. The average molecular weight is 362 g/mol. The summed E-state index contributed by atoms with van der Waals surface area (Å²) in [5, 5.41) is 5.22. The minimum Gasteiger partial charge on any atom is -0.482 e. The van der Waals surface area contributed by atoms with Crippen molar-refractivity contribution in [2.45, 2.75) is 11.8 Å². The van der Waals surface area contributed by atoms with Gasteiger partial charge in [0.15, 0.2) is 16.4 Å². The molecule has 2 amide bonds. The Balaban J connectivity index is 1.96. The van der Waals surface area contributed by atoms with E-state index in [4.69, 9.17) is 4.74 Å². The van der Waals surface area contributed by atoms with Gasteiger partial charge in [0.05, 0.1) is 10.6 Å². The van der Waals surface area contributed by atoms with Gasteiger partial charge in [0.2, 0.25) is 5.91 Å². The smallest absolute Gasteiger partial charge is 0.262 e. The zero-order valence-corrected chi connectivity index (χ0v) is 14.6. The third kappa shape index (κ3) is 5.61. The van der Waals surface area contributed by atoms with Crippen LogP contribution in [-0.4, -0.2) is 33.1 Å². The number of nitrogens with one attached hydrogen (secondary N) is 2. The van der Waals surface area contributed by atoms with Crippen LogP contribution in [0.1, 0.15) is 6.92 Å². The molecule has 2 rings (SSSR count). The van der Waals surface area contributed by atoms with Crippen LogP contribution in [0.5, 0.6) is 5.75 Å². The fraction of sp³-hybridized carbons (Fsp3) is 0.176. The monoisotopic (exact) mass is 362 g/mol. The van der Waals surface area contributed by atoms with Crippen molar-refractivity contribution in [2.75, 3.05) is 23.5 Å². The number of para-hydroxylation sites is 2. The molecule has 2 aromatic rings. The van der Waals surface area contributed by atoms with Crippen molar-refractivity contribution >= 4 is 33.0 Å². The lowest BCUT2D eigenvalue weighted by Crippen LogP contribution is -2.20. The molecule has 0 heterocycles. The van der Waals surface area contributed by atoms with Crippen molar-refractivity contribution in [3.8, 4) is 5.75 Å². The van der Waals surface area contributed by atoms with Gasteiger partial charge in [-0.05, 0) is 36.4 Å². The van der Waals surface area contributed by atoms with E-state index >= 15 is 0 Å². The normalized spacial score (nSPS) is 10.8. The molecule has 0 aromatic heterocycles. The number of hydrogen-bond donors (Lipinski definition) is 2. The summed E-state index contributed by atoms with van der Waals surface area (Å²) in [7, 11) is -3.28. The number of ether oxygens (including phenoxy) is 1. The van der Waals surface area contributed by atoms with Gasteiger partial charge in [-0.1, -0.05) is 12.1 Å². The minimum absolute atomic E-state index is 0.172. The van der Waals surface area contributed by atoms with Crippen LogP contribution in [-0.2, 0) is 19.4 Å². The first-order chi connectivity index (χ1) is 11.8. The maximum Gasteiger partial charge on any atom is 0.262 e. The van der Waals surface area contributed by atoms with Gasteiger partial charge in [-0.25, -0.2) is 8.42 Å². The fourth-order valence-corrected chi connectivity index (χ4v) is 2.64. The van der Waals surface area contributed by atoms with Crippen LogP contribution in [0.25, 0.3) is 0 Å². The zero-order valence-electron chi connectivity index (χ0n) is 13.8.